The molecule has 0 spiro atoms. The topological polar surface area (TPSA) is 83.8 Å². The molecule has 2 N–H and O–H groups in total. The lowest BCUT2D eigenvalue weighted by Crippen LogP contribution is -1.85. The second kappa shape index (κ2) is 4.16. The van der Waals surface area contributed by atoms with Gasteiger partial charge >= 0.3 is 15.6 Å². The fourth-order valence-electron chi connectivity index (χ4n) is 0.335. The first kappa shape index (κ1) is 10.2. The largest absolute Gasteiger partial charge is 0.521 e. The third-order valence-electron chi connectivity index (χ3n) is 0.573. The molecular weight excluding hydrogens is 178 g/mol. The summed E-state index contributed by atoms with van der Waals surface area (Å²) in [7, 11) is -6.34. The number of rotatable bonds is 4. The lowest BCUT2D eigenvalue weighted by Gasteiger charge is -1.91. The SMILES string of the molecule is CCO[P+](=O)CP(=O)(O)O. The van der Waals surface area contributed by atoms with E-state index in [2.05, 4.69) is 4.52 Å². The monoisotopic (exact) mass is 187 g/mol. The van der Waals surface area contributed by atoms with E-state index >= 15 is 0 Å². The van der Waals surface area contributed by atoms with Crippen LogP contribution in [-0.4, -0.2) is 22.3 Å². The minimum atomic E-state index is -4.16. The minimum absolute atomic E-state index is 0.204. The van der Waals surface area contributed by atoms with Crippen molar-refractivity contribution in [2.24, 2.45) is 0 Å². The summed E-state index contributed by atoms with van der Waals surface area (Å²) in [4.78, 5) is 16.5. The second-order valence-corrected chi connectivity index (χ2v) is 4.94. The molecular formula is C3H9O5P2+. The molecule has 0 amide bonds. The van der Waals surface area contributed by atoms with Crippen LogP contribution < -0.4 is 0 Å². The molecule has 0 aliphatic rings. The van der Waals surface area contributed by atoms with E-state index in [1.165, 1.54) is 0 Å². The van der Waals surface area contributed by atoms with Gasteiger partial charge in [-0.05, 0) is 11.5 Å². The van der Waals surface area contributed by atoms with Crippen molar-refractivity contribution in [1.82, 2.24) is 0 Å². The van der Waals surface area contributed by atoms with Crippen molar-refractivity contribution >= 4 is 15.6 Å². The van der Waals surface area contributed by atoms with Crippen LogP contribution >= 0.6 is 15.6 Å². The highest BCUT2D eigenvalue weighted by Crippen LogP contribution is 2.45. The van der Waals surface area contributed by atoms with Gasteiger partial charge in [0.25, 0.3) is 5.90 Å². The molecule has 0 aliphatic heterocycles. The first-order valence-electron chi connectivity index (χ1n) is 2.58. The van der Waals surface area contributed by atoms with E-state index in [9.17, 15) is 9.13 Å². The Morgan fingerprint density at radius 3 is 2.40 bits per heavy atom. The summed E-state index contributed by atoms with van der Waals surface area (Å²) in [6.07, 6.45) is 0. The number of hydrogen-bond acceptors (Lipinski definition) is 3. The van der Waals surface area contributed by atoms with Gasteiger partial charge < -0.3 is 9.79 Å². The maximum Gasteiger partial charge on any atom is 0.521 e. The average molecular weight is 187 g/mol. The highest BCUT2D eigenvalue weighted by molar-refractivity contribution is 7.64. The molecule has 0 aromatic heterocycles. The summed E-state index contributed by atoms with van der Waals surface area (Å²) in [5, 5.41) is 0. The van der Waals surface area contributed by atoms with Gasteiger partial charge in [0.05, 0.1) is 6.61 Å². The highest BCUT2D eigenvalue weighted by Gasteiger charge is 2.30. The van der Waals surface area contributed by atoms with Gasteiger partial charge in [-0.1, -0.05) is 0 Å². The van der Waals surface area contributed by atoms with Crippen LogP contribution in [0.25, 0.3) is 0 Å². The summed E-state index contributed by atoms with van der Waals surface area (Å²) >= 11 is 0. The Bertz CT molecular complexity index is 160. The van der Waals surface area contributed by atoms with Crippen LogP contribution in [0.1, 0.15) is 6.92 Å². The summed E-state index contributed by atoms with van der Waals surface area (Å²) < 4.78 is 25.1. The van der Waals surface area contributed by atoms with Crippen molar-refractivity contribution in [3.8, 4) is 0 Å². The van der Waals surface area contributed by atoms with Gasteiger partial charge in [0.2, 0.25) is 0 Å². The average Bonchev–Trinajstić information content (AvgIpc) is 1.59. The van der Waals surface area contributed by atoms with E-state index in [4.69, 9.17) is 9.79 Å². The maximum atomic E-state index is 10.5. The third-order valence-corrected chi connectivity index (χ3v) is 3.52. The van der Waals surface area contributed by atoms with E-state index in [0.29, 0.717) is 0 Å². The quantitative estimate of drug-likeness (QED) is 0.638. The molecule has 1 atom stereocenters. The van der Waals surface area contributed by atoms with Crippen molar-refractivity contribution < 1.29 is 23.4 Å². The molecule has 0 saturated carbocycles. The molecule has 0 saturated heterocycles. The number of hydrogen-bond donors (Lipinski definition) is 2. The minimum Gasteiger partial charge on any atom is -0.321 e. The Morgan fingerprint density at radius 2 is 2.10 bits per heavy atom. The predicted octanol–water partition coefficient (Wildman–Crippen LogP) is 0.900. The van der Waals surface area contributed by atoms with E-state index < -0.39 is 21.5 Å². The van der Waals surface area contributed by atoms with Crippen LogP contribution in [0.4, 0.5) is 0 Å². The Labute approximate surface area is 59.4 Å². The molecule has 1 unspecified atom stereocenters. The lowest BCUT2D eigenvalue weighted by molar-refractivity contribution is 0.346. The molecule has 0 bridgehead atoms. The van der Waals surface area contributed by atoms with Crippen LogP contribution in [-0.2, 0) is 13.7 Å². The Balaban J connectivity index is 3.70. The Morgan fingerprint density at radius 1 is 1.60 bits per heavy atom. The zero-order valence-corrected chi connectivity index (χ0v) is 7.22. The normalized spacial score (nSPS) is 13.3. The fraction of sp³-hybridized carbons (Fsp3) is 1.00. The zero-order chi connectivity index (χ0) is 8.20. The standard InChI is InChI=1S/C3H8O5P2/c1-2-8-9(4)3-10(5,6)7/h2-3H2,1H3,(H-,5,6,7)/p+1. The highest BCUT2D eigenvalue weighted by atomic mass is 31.2. The van der Waals surface area contributed by atoms with Crippen molar-refractivity contribution in [2.75, 3.05) is 12.5 Å². The summed E-state index contributed by atoms with van der Waals surface area (Å²) in [5.74, 6) is -0.684. The first-order chi connectivity index (χ1) is 4.45. The molecule has 10 heavy (non-hydrogen) atoms. The molecule has 7 heteroatoms. The summed E-state index contributed by atoms with van der Waals surface area (Å²) in [5.41, 5.74) is 0. The predicted molar refractivity (Wildman–Crippen MR) is 36.1 cm³/mol. The van der Waals surface area contributed by atoms with E-state index in [1.807, 2.05) is 0 Å². The molecule has 0 aliphatic carbocycles. The van der Waals surface area contributed by atoms with Crippen LogP contribution in [0.2, 0.25) is 0 Å². The van der Waals surface area contributed by atoms with E-state index in [0.717, 1.165) is 0 Å². The third kappa shape index (κ3) is 6.33. The van der Waals surface area contributed by atoms with Gasteiger partial charge in [0.15, 0.2) is 0 Å². The maximum absolute atomic E-state index is 10.5. The van der Waals surface area contributed by atoms with Gasteiger partial charge in [0.1, 0.15) is 0 Å². The molecule has 5 nitrogen and oxygen atoms in total. The van der Waals surface area contributed by atoms with Crippen LogP contribution in [0, 0.1) is 0 Å². The van der Waals surface area contributed by atoms with Crippen molar-refractivity contribution in [1.29, 1.82) is 0 Å². The first-order valence-corrected chi connectivity index (χ1v) is 5.74. The molecule has 60 valence electrons. The smallest absolute Gasteiger partial charge is 0.321 e. The van der Waals surface area contributed by atoms with Crippen molar-refractivity contribution in [3.63, 3.8) is 0 Å². The van der Waals surface area contributed by atoms with E-state index in [-0.39, 0.29) is 6.61 Å². The Kier molecular flexibility index (Phi) is 4.25. The molecule has 0 aromatic rings. The van der Waals surface area contributed by atoms with Gasteiger partial charge in [-0.25, -0.2) is 0 Å². The second-order valence-electron chi connectivity index (χ2n) is 1.56. The van der Waals surface area contributed by atoms with Crippen LogP contribution in [0.15, 0.2) is 0 Å². The van der Waals surface area contributed by atoms with Crippen LogP contribution in [0.5, 0.6) is 0 Å². The molecule has 0 fully saturated rings. The van der Waals surface area contributed by atoms with Crippen molar-refractivity contribution in [3.05, 3.63) is 0 Å². The lowest BCUT2D eigenvalue weighted by atomic mass is 10.9. The molecule has 0 radical (unpaired) electrons. The van der Waals surface area contributed by atoms with Gasteiger partial charge in [-0.15, -0.1) is 4.52 Å². The molecule has 0 rings (SSSR count). The van der Waals surface area contributed by atoms with Gasteiger partial charge in [-0.2, -0.15) is 0 Å². The Hall–Kier alpha value is 0.210. The summed E-state index contributed by atoms with van der Waals surface area (Å²) in [6, 6.07) is 0. The molecule has 0 aromatic carbocycles. The van der Waals surface area contributed by atoms with E-state index in [1.54, 1.807) is 6.92 Å². The summed E-state index contributed by atoms with van der Waals surface area (Å²) in [6.45, 7) is 1.81. The van der Waals surface area contributed by atoms with Crippen molar-refractivity contribution in [2.45, 2.75) is 6.92 Å². The molecule has 0 heterocycles. The van der Waals surface area contributed by atoms with Gasteiger partial charge in [0, 0.05) is 0 Å². The zero-order valence-electron chi connectivity index (χ0n) is 5.43. The van der Waals surface area contributed by atoms with Crippen LogP contribution in [0.3, 0.4) is 0 Å². The van der Waals surface area contributed by atoms with Gasteiger partial charge in [-0.3, -0.25) is 4.57 Å². The fourth-order valence-corrected chi connectivity index (χ4v) is 2.15.